The summed E-state index contributed by atoms with van der Waals surface area (Å²) in [4.78, 5) is 12.6. The van der Waals surface area contributed by atoms with E-state index in [0.29, 0.717) is 5.58 Å². The summed E-state index contributed by atoms with van der Waals surface area (Å²) in [6.07, 6.45) is 1.66. The Morgan fingerprint density at radius 3 is 2.40 bits per heavy atom. The molecule has 0 bridgehead atoms. The maximum Gasteiger partial charge on any atom is 0.307 e. The highest BCUT2D eigenvalue weighted by Gasteiger charge is 2.15. The van der Waals surface area contributed by atoms with Crippen molar-refractivity contribution >= 4 is 55.0 Å². The Morgan fingerprint density at radius 1 is 0.943 bits per heavy atom. The van der Waals surface area contributed by atoms with Crippen molar-refractivity contribution in [2.75, 3.05) is 0 Å². The number of carbonyl (C=O) groups is 1. The van der Waals surface area contributed by atoms with Gasteiger partial charge in [-0.05, 0) is 77.3 Å². The first-order valence-electron chi connectivity index (χ1n) is 11.0. The third-order valence-corrected chi connectivity index (χ3v) is 6.88. The van der Waals surface area contributed by atoms with Gasteiger partial charge in [0.2, 0.25) is 0 Å². The molecule has 0 aliphatic carbocycles. The number of hydrogen-bond acceptors (Lipinski definition) is 3. The first-order valence-corrected chi connectivity index (χ1v) is 12.6. The van der Waals surface area contributed by atoms with E-state index >= 15 is 0 Å². The van der Waals surface area contributed by atoms with Crippen LogP contribution in [0.2, 0.25) is 0 Å². The summed E-state index contributed by atoms with van der Waals surface area (Å²) in [5, 5.41) is 4.99. The zero-order valence-electron chi connectivity index (χ0n) is 19.0. The fourth-order valence-corrected chi connectivity index (χ4v) is 5.49. The van der Waals surface area contributed by atoms with Gasteiger partial charge in [0, 0.05) is 32.5 Å². The predicted molar refractivity (Wildman–Crippen MR) is 147 cm³/mol. The summed E-state index contributed by atoms with van der Waals surface area (Å²) < 4.78 is 9.55. The second kappa shape index (κ2) is 9.68. The first kappa shape index (κ1) is 23.3. The molecule has 0 radical (unpaired) electrons. The molecule has 0 spiro atoms. The summed E-state index contributed by atoms with van der Waals surface area (Å²) in [6, 6.07) is 26.3. The molecule has 5 aromatic rings. The molecule has 0 atom stereocenters. The van der Waals surface area contributed by atoms with Crippen LogP contribution in [0.15, 0.2) is 97.3 Å². The van der Waals surface area contributed by atoms with Crippen molar-refractivity contribution in [2.45, 2.75) is 13.8 Å². The van der Waals surface area contributed by atoms with E-state index in [0.717, 1.165) is 37.0 Å². The lowest BCUT2D eigenvalue weighted by molar-refractivity contribution is 0.0929. The van der Waals surface area contributed by atoms with Crippen molar-refractivity contribution in [1.29, 1.82) is 0 Å². The van der Waals surface area contributed by atoms with Crippen LogP contribution in [0.1, 0.15) is 27.5 Å². The van der Waals surface area contributed by atoms with Gasteiger partial charge in [-0.15, -0.1) is 0 Å². The zero-order valence-corrected chi connectivity index (χ0v) is 22.2. The predicted octanol–water partition coefficient (Wildman–Crippen LogP) is 7.80. The van der Waals surface area contributed by atoms with E-state index in [9.17, 15) is 4.79 Å². The molecule has 0 aliphatic heterocycles. The number of aromatic nitrogens is 1. The number of rotatable bonds is 5. The Balaban J connectivity index is 1.33. The second-order valence-electron chi connectivity index (χ2n) is 8.19. The number of nitrogens with zero attached hydrogens (tertiary/aromatic N) is 2. The lowest BCUT2D eigenvalue weighted by Gasteiger charge is -2.11. The minimum atomic E-state index is -0.411. The summed E-state index contributed by atoms with van der Waals surface area (Å²) in [7, 11) is 0. The third-order valence-electron chi connectivity index (χ3n) is 5.83. The highest BCUT2D eigenvalue weighted by Crippen LogP contribution is 2.31. The van der Waals surface area contributed by atoms with Crippen LogP contribution in [-0.2, 0) is 0 Å². The molecule has 0 aliphatic rings. The first-order chi connectivity index (χ1) is 16.9. The van der Waals surface area contributed by atoms with Gasteiger partial charge in [0.15, 0.2) is 5.76 Å². The van der Waals surface area contributed by atoms with Crippen LogP contribution in [0.5, 0.6) is 0 Å². The maximum absolute atomic E-state index is 12.6. The van der Waals surface area contributed by atoms with Gasteiger partial charge in [-0.3, -0.25) is 4.79 Å². The number of benzene rings is 3. The number of furan rings is 1. The molecule has 2 aromatic heterocycles. The fraction of sp³-hybridized carbons (Fsp3) is 0.0714. The van der Waals surface area contributed by atoms with Crippen molar-refractivity contribution in [3.63, 3.8) is 0 Å². The summed E-state index contributed by atoms with van der Waals surface area (Å²) in [5.74, 6) is -0.217. The third kappa shape index (κ3) is 4.74. The number of fused-ring (bicyclic) bond motifs is 1. The highest BCUT2D eigenvalue weighted by atomic mass is 79.9. The van der Waals surface area contributed by atoms with Crippen LogP contribution in [-0.4, -0.2) is 16.7 Å². The van der Waals surface area contributed by atoms with Crippen molar-refractivity contribution in [3.05, 3.63) is 111 Å². The van der Waals surface area contributed by atoms with Crippen molar-refractivity contribution in [1.82, 2.24) is 9.99 Å². The van der Waals surface area contributed by atoms with Gasteiger partial charge in [-0.2, -0.15) is 5.10 Å². The number of hydrazone groups is 1. The van der Waals surface area contributed by atoms with E-state index in [1.54, 1.807) is 12.3 Å². The molecular formula is C28H21Br2N3O2. The molecule has 3 aromatic carbocycles. The maximum atomic E-state index is 12.6. The van der Waals surface area contributed by atoms with Gasteiger partial charge >= 0.3 is 5.91 Å². The van der Waals surface area contributed by atoms with Crippen molar-refractivity contribution in [3.8, 4) is 16.8 Å². The number of halogens is 2. The van der Waals surface area contributed by atoms with E-state index in [-0.39, 0.29) is 5.76 Å². The van der Waals surface area contributed by atoms with Gasteiger partial charge in [0.1, 0.15) is 5.58 Å². The molecular weight excluding hydrogens is 570 g/mol. The molecule has 0 saturated heterocycles. The van der Waals surface area contributed by atoms with Crippen LogP contribution in [0.3, 0.4) is 0 Å². The van der Waals surface area contributed by atoms with Crippen molar-refractivity contribution in [2.24, 2.45) is 5.10 Å². The fourth-order valence-electron chi connectivity index (χ4n) is 4.15. The van der Waals surface area contributed by atoms with Gasteiger partial charge in [-0.1, -0.05) is 58.4 Å². The molecule has 0 unspecified atom stereocenters. The number of hydrogen-bond donors (Lipinski definition) is 1. The topological polar surface area (TPSA) is 59.5 Å². The van der Waals surface area contributed by atoms with E-state index < -0.39 is 5.91 Å². The summed E-state index contributed by atoms with van der Waals surface area (Å²) in [6.45, 7) is 4.09. The van der Waals surface area contributed by atoms with Crippen LogP contribution in [0.4, 0.5) is 0 Å². The van der Waals surface area contributed by atoms with E-state index in [1.807, 2.05) is 43.3 Å². The Bertz CT molecular complexity index is 1570. The van der Waals surface area contributed by atoms with Gasteiger partial charge in [-0.25, -0.2) is 5.43 Å². The molecule has 5 nitrogen and oxygen atoms in total. The Kier molecular flexibility index (Phi) is 6.45. The summed E-state index contributed by atoms with van der Waals surface area (Å²) >= 11 is 6.90. The van der Waals surface area contributed by atoms with E-state index in [1.165, 1.54) is 11.1 Å². The lowest BCUT2D eigenvalue weighted by Crippen LogP contribution is -2.16. The summed E-state index contributed by atoms with van der Waals surface area (Å²) in [5.41, 5.74) is 9.65. The normalized spacial score (nSPS) is 11.4. The van der Waals surface area contributed by atoms with Crippen LogP contribution >= 0.6 is 31.9 Å². The molecule has 0 saturated carbocycles. The quantitative estimate of drug-likeness (QED) is 0.168. The molecule has 5 rings (SSSR count). The molecule has 7 heteroatoms. The van der Waals surface area contributed by atoms with Gasteiger partial charge < -0.3 is 8.98 Å². The highest BCUT2D eigenvalue weighted by molar-refractivity contribution is 9.11. The average Bonchev–Trinajstić information content (AvgIpc) is 3.40. The Hall–Kier alpha value is -3.42. The molecule has 1 N–H and O–H groups in total. The van der Waals surface area contributed by atoms with Gasteiger partial charge in [0.25, 0.3) is 0 Å². The minimum absolute atomic E-state index is 0.194. The van der Waals surface area contributed by atoms with Crippen LogP contribution in [0, 0.1) is 13.8 Å². The van der Waals surface area contributed by atoms with E-state index in [4.69, 9.17) is 4.42 Å². The molecule has 174 valence electrons. The van der Waals surface area contributed by atoms with Crippen LogP contribution in [0.25, 0.3) is 27.8 Å². The largest absolute Gasteiger partial charge is 0.450 e. The molecule has 35 heavy (non-hydrogen) atoms. The monoisotopic (exact) mass is 589 g/mol. The second-order valence-corrected chi connectivity index (χ2v) is 9.96. The molecule has 2 heterocycles. The number of carbonyl (C=O) groups excluding carboxylic acids is 1. The lowest BCUT2D eigenvalue weighted by atomic mass is 10.1. The number of amides is 1. The number of aryl methyl sites for hydroxylation is 1. The number of nitrogens with one attached hydrogen (secondary N) is 1. The Labute approximate surface area is 219 Å². The van der Waals surface area contributed by atoms with Gasteiger partial charge in [0.05, 0.1) is 10.7 Å². The smallest absolute Gasteiger partial charge is 0.307 e. The standard InChI is InChI=1S/C28H21Br2N3O2/c1-17-12-22(16-31-32-28(34)26-14-21-13-23(29)15-25(30)27(21)35-26)18(2)33(17)24-10-8-20(9-11-24)19-6-4-3-5-7-19/h3-16H,1-2H3,(H,32,34)/b31-16+. The molecule has 1 amide bonds. The zero-order chi connectivity index (χ0) is 24.5. The van der Waals surface area contributed by atoms with E-state index in [2.05, 4.69) is 90.3 Å². The van der Waals surface area contributed by atoms with Crippen molar-refractivity contribution < 1.29 is 9.21 Å². The average molecular weight is 591 g/mol. The SMILES string of the molecule is Cc1cc(/C=N/NC(=O)c2cc3cc(Br)cc(Br)c3o2)c(C)n1-c1ccc(-c2ccccc2)cc1. The molecule has 0 fully saturated rings. The van der Waals surface area contributed by atoms with Crippen LogP contribution < -0.4 is 5.43 Å². The minimum Gasteiger partial charge on any atom is -0.450 e. The Morgan fingerprint density at radius 2 is 1.66 bits per heavy atom.